The molecule has 10 aromatic rings. The van der Waals surface area contributed by atoms with E-state index in [4.69, 9.17) is 14.7 Å². The van der Waals surface area contributed by atoms with Gasteiger partial charge in [0, 0.05) is 50.0 Å². The molecule has 1 aliphatic rings. The summed E-state index contributed by atoms with van der Waals surface area (Å²) in [7, 11) is 0. The van der Waals surface area contributed by atoms with Crippen molar-refractivity contribution in [2.45, 2.75) is 0 Å². The van der Waals surface area contributed by atoms with Gasteiger partial charge in [0.2, 0.25) is 0 Å². The van der Waals surface area contributed by atoms with E-state index in [0.29, 0.717) is 5.82 Å². The molecule has 1 aliphatic heterocycles. The summed E-state index contributed by atoms with van der Waals surface area (Å²) in [4.78, 5) is 10.0. The number of para-hydroxylation sites is 3. The summed E-state index contributed by atoms with van der Waals surface area (Å²) in [6.07, 6.45) is 0. The molecule has 0 atom stereocenters. The Balaban J connectivity index is 1.03. The minimum atomic E-state index is 0.708. The molecular weight excluding hydrogens is 707 g/mol. The first-order chi connectivity index (χ1) is 28.8. The zero-order valence-electron chi connectivity index (χ0n) is 31.5. The lowest BCUT2D eigenvalue weighted by atomic mass is 9.96. The van der Waals surface area contributed by atoms with Crippen molar-refractivity contribution in [1.82, 2.24) is 14.5 Å². The highest BCUT2D eigenvalue weighted by Crippen LogP contribution is 2.53. The Morgan fingerprint density at radius 1 is 0.362 bits per heavy atom. The Labute approximate surface area is 337 Å². The second-order valence-corrected chi connectivity index (χ2v) is 14.5. The van der Waals surface area contributed by atoms with E-state index in [1.165, 1.54) is 22.1 Å². The Bertz CT molecular complexity index is 3040. The summed E-state index contributed by atoms with van der Waals surface area (Å²) in [6.45, 7) is 0. The van der Waals surface area contributed by atoms with Gasteiger partial charge in [0.15, 0.2) is 5.82 Å². The van der Waals surface area contributed by atoms with Crippen molar-refractivity contribution < 1.29 is 4.74 Å². The second-order valence-electron chi connectivity index (χ2n) is 14.5. The summed E-state index contributed by atoms with van der Waals surface area (Å²) in [5.41, 5.74) is 16.1. The molecule has 3 heterocycles. The molecule has 0 amide bonds. The largest absolute Gasteiger partial charge is 0.456 e. The summed E-state index contributed by atoms with van der Waals surface area (Å²) in [5, 5.41) is 1.18. The van der Waals surface area contributed by atoms with Crippen LogP contribution in [-0.2, 0) is 0 Å². The van der Waals surface area contributed by atoms with Crippen LogP contribution in [0.3, 0.4) is 0 Å². The fourth-order valence-corrected chi connectivity index (χ4v) is 8.31. The van der Waals surface area contributed by atoms with Crippen LogP contribution >= 0.6 is 0 Å². The van der Waals surface area contributed by atoms with Gasteiger partial charge in [-0.05, 0) is 53.1 Å². The van der Waals surface area contributed by atoms with Gasteiger partial charge >= 0.3 is 0 Å². The highest BCUT2D eigenvalue weighted by molar-refractivity contribution is 6.12. The van der Waals surface area contributed by atoms with E-state index >= 15 is 0 Å². The smallest absolute Gasteiger partial charge is 0.160 e. The van der Waals surface area contributed by atoms with Crippen molar-refractivity contribution in [3.05, 3.63) is 212 Å². The first-order valence-corrected chi connectivity index (χ1v) is 19.6. The fourth-order valence-electron chi connectivity index (χ4n) is 8.31. The minimum absolute atomic E-state index is 0.708. The average Bonchev–Trinajstić information content (AvgIpc) is 3.57. The van der Waals surface area contributed by atoms with E-state index in [0.717, 1.165) is 78.7 Å². The molecular formula is C54H35N3O. The zero-order valence-corrected chi connectivity index (χ0v) is 31.5. The van der Waals surface area contributed by atoms with Crippen LogP contribution < -0.4 is 4.74 Å². The highest BCUT2D eigenvalue weighted by atomic mass is 16.5. The maximum Gasteiger partial charge on any atom is 0.160 e. The molecule has 0 saturated heterocycles. The van der Waals surface area contributed by atoms with Gasteiger partial charge in [-0.25, -0.2) is 9.97 Å². The normalized spacial score (nSPS) is 11.6. The Kier molecular flexibility index (Phi) is 8.11. The third-order valence-corrected chi connectivity index (χ3v) is 11.1. The Morgan fingerprint density at radius 2 is 0.845 bits per heavy atom. The van der Waals surface area contributed by atoms with E-state index in [9.17, 15) is 0 Å². The average molecular weight is 742 g/mol. The van der Waals surface area contributed by atoms with Gasteiger partial charge in [-0.1, -0.05) is 176 Å². The molecule has 0 spiro atoms. The second kappa shape index (κ2) is 14.0. The van der Waals surface area contributed by atoms with E-state index < -0.39 is 0 Å². The first kappa shape index (κ1) is 33.5. The van der Waals surface area contributed by atoms with Gasteiger partial charge in [-0.2, -0.15) is 0 Å². The van der Waals surface area contributed by atoms with Crippen molar-refractivity contribution in [2.24, 2.45) is 0 Å². The lowest BCUT2D eigenvalue weighted by Crippen LogP contribution is -1.99. The van der Waals surface area contributed by atoms with Crippen molar-refractivity contribution in [2.75, 3.05) is 0 Å². The molecule has 0 saturated carbocycles. The number of hydrogen-bond acceptors (Lipinski definition) is 3. The van der Waals surface area contributed by atoms with Crippen LogP contribution in [0.5, 0.6) is 11.5 Å². The van der Waals surface area contributed by atoms with Gasteiger partial charge in [-0.15, -0.1) is 0 Å². The van der Waals surface area contributed by atoms with Crippen LogP contribution in [0.25, 0.3) is 95.1 Å². The predicted molar refractivity (Wildman–Crippen MR) is 237 cm³/mol. The van der Waals surface area contributed by atoms with Crippen LogP contribution in [0.4, 0.5) is 0 Å². The summed E-state index contributed by atoms with van der Waals surface area (Å²) in [5.74, 6) is 2.40. The van der Waals surface area contributed by atoms with Crippen molar-refractivity contribution in [3.8, 4) is 95.7 Å². The lowest BCUT2D eigenvalue weighted by molar-refractivity contribution is 0.487. The van der Waals surface area contributed by atoms with E-state index in [1.807, 2.05) is 48.5 Å². The predicted octanol–water partition coefficient (Wildman–Crippen LogP) is 14.2. The van der Waals surface area contributed by atoms with Crippen molar-refractivity contribution in [3.63, 3.8) is 0 Å². The number of aromatic nitrogens is 3. The molecule has 2 aromatic heterocycles. The fraction of sp³-hybridized carbons (Fsp3) is 0. The van der Waals surface area contributed by atoms with Gasteiger partial charge in [0.05, 0.1) is 22.6 Å². The van der Waals surface area contributed by atoms with Gasteiger partial charge in [0.25, 0.3) is 0 Å². The number of fused-ring (bicyclic) bond motifs is 7. The first-order valence-electron chi connectivity index (χ1n) is 19.6. The molecule has 0 N–H and O–H groups in total. The summed E-state index contributed by atoms with van der Waals surface area (Å²) >= 11 is 0. The molecule has 4 heteroatoms. The van der Waals surface area contributed by atoms with Crippen LogP contribution in [0.2, 0.25) is 0 Å². The zero-order chi connectivity index (χ0) is 38.4. The van der Waals surface area contributed by atoms with E-state index in [1.54, 1.807) is 0 Å². The molecule has 11 rings (SSSR count). The van der Waals surface area contributed by atoms with Gasteiger partial charge in [0.1, 0.15) is 11.5 Å². The van der Waals surface area contributed by atoms with Gasteiger partial charge < -0.3 is 9.30 Å². The number of benzene rings is 8. The minimum Gasteiger partial charge on any atom is -0.456 e. The van der Waals surface area contributed by atoms with Crippen LogP contribution in [-0.4, -0.2) is 14.5 Å². The molecule has 0 unspecified atom stereocenters. The van der Waals surface area contributed by atoms with E-state index in [-0.39, 0.29) is 0 Å². The Hall–Kier alpha value is -7.82. The maximum absolute atomic E-state index is 6.65. The molecule has 58 heavy (non-hydrogen) atoms. The third kappa shape index (κ3) is 5.78. The molecule has 0 fully saturated rings. The SMILES string of the molecule is c1ccc(-c2cc(-c3ccc(-c4ccc(-n5c6c(c7cccc(-c8ccccc8)c75)-c5ccccc5Oc5ccccc5-6)cc4)cc3)nc(-c3ccccc3)n2)cc1. The molecule has 0 aliphatic carbocycles. The Morgan fingerprint density at radius 3 is 1.50 bits per heavy atom. The van der Waals surface area contributed by atoms with E-state index in [2.05, 4.69) is 168 Å². The third-order valence-electron chi connectivity index (χ3n) is 11.1. The molecule has 4 nitrogen and oxygen atoms in total. The van der Waals surface area contributed by atoms with Crippen molar-refractivity contribution in [1.29, 1.82) is 0 Å². The maximum atomic E-state index is 6.65. The monoisotopic (exact) mass is 741 g/mol. The molecule has 272 valence electrons. The quantitative estimate of drug-likeness (QED) is 0.170. The molecule has 8 aromatic carbocycles. The molecule has 0 bridgehead atoms. The van der Waals surface area contributed by atoms with Crippen LogP contribution in [0.15, 0.2) is 212 Å². The number of nitrogens with zero attached hydrogens (tertiary/aromatic N) is 3. The number of rotatable bonds is 6. The highest BCUT2D eigenvalue weighted by Gasteiger charge is 2.29. The number of ether oxygens (including phenoxy) is 1. The van der Waals surface area contributed by atoms with Crippen LogP contribution in [0.1, 0.15) is 0 Å². The lowest BCUT2D eigenvalue weighted by Gasteiger charge is -2.16. The van der Waals surface area contributed by atoms with Crippen molar-refractivity contribution >= 4 is 10.9 Å². The topological polar surface area (TPSA) is 39.9 Å². The molecule has 0 radical (unpaired) electrons. The summed E-state index contributed by atoms with van der Waals surface area (Å²) in [6, 6.07) is 74.3. The van der Waals surface area contributed by atoms with Crippen LogP contribution in [0, 0.1) is 0 Å². The summed E-state index contributed by atoms with van der Waals surface area (Å²) < 4.78 is 9.09. The standard InChI is InChI=1S/C54H35N3O/c1-4-15-38(16-5-1)43-23-14-24-46-51-44-21-10-12-25-49(44)58-50-26-13-11-22-45(50)53(51)57(52(43)46)42-33-31-37(32-34-42)36-27-29-40(30-28-36)48-35-47(39-17-6-2-7-18-39)55-54(56-48)41-19-8-3-9-20-41/h1-35H. The number of hydrogen-bond donors (Lipinski definition) is 0. The van der Waals surface area contributed by atoms with Gasteiger partial charge in [-0.3, -0.25) is 0 Å².